The lowest BCUT2D eigenvalue weighted by Gasteiger charge is -2.15. The average molecular weight is 566 g/mol. The molecule has 0 spiro atoms. The summed E-state index contributed by atoms with van der Waals surface area (Å²) in [6, 6.07) is 9.40. The molecule has 1 aliphatic heterocycles. The SMILES string of the molecule is CCOc1cc(/C=C2\SC(=O)N(CC(=O)O[C@H](C)CC)C2=O)cc(Br)c1OCc1ccc(F)cc1. The molecular weight excluding hydrogens is 541 g/mol. The van der Waals surface area contributed by atoms with Gasteiger partial charge in [0.05, 0.1) is 22.1 Å². The number of carbonyl (C=O) groups is 3. The summed E-state index contributed by atoms with van der Waals surface area (Å²) < 4.78 is 30.5. The fraction of sp³-hybridized carbons (Fsp3) is 0.320. The van der Waals surface area contributed by atoms with Gasteiger partial charge in [0.25, 0.3) is 11.1 Å². The first-order valence-corrected chi connectivity index (χ1v) is 12.6. The second-order valence-corrected chi connectivity index (χ2v) is 9.50. The number of hydrogen-bond donors (Lipinski definition) is 0. The first-order valence-electron chi connectivity index (χ1n) is 11.0. The number of imide groups is 1. The Kier molecular flexibility index (Phi) is 9.33. The van der Waals surface area contributed by atoms with E-state index < -0.39 is 23.7 Å². The van der Waals surface area contributed by atoms with Crippen molar-refractivity contribution >= 4 is 50.9 Å². The van der Waals surface area contributed by atoms with Gasteiger partial charge in [0, 0.05) is 0 Å². The predicted octanol–water partition coefficient (Wildman–Crippen LogP) is 5.94. The Morgan fingerprint density at radius 2 is 1.89 bits per heavy atom. The summed E-state index contributed by atoms with van der Waals surface area (Å²) in [7, 11) is 0. The van der Waals surface area contributed by atoms with Gasteiger partial charge in [-0.3, -0.25) is 19.3 Å². The standard InChI is InChI=1S/C25H25BrFNO6S/c1-4-15(3)34-22(29)13-28-24(30)21(35-25(28)31)12-17-10-19(26)23(20(11-17)32-5-2)33-14-16-6-8-18(27)9-7-16/h6-12,15H,4-5,13-14H2,1-3H3/b21-12-/t15-/m1/s1. The molecule has 0 unspecified atom stereocenters. The summed E-state index contributed by atoms with van der Waals surface area (Å²) in [5, 5.41) is -0.536. The van der Waals surface area contributed by atoms with Crippen molar-refractivity contribution in [2.24, 2.45) is 0 Å². The van der Waals surface area contributed by atoms with E-state index >= 15 is 0 Å². The number of esters is 1. The minimum atomic E-state index is -0.632. The lowest BCUT2D eigenvalue weighted by atomic mass is 10.1. The van der Waals surface area contributed by atoms with Crippen LogP contribution in [0.4, 0.5) is 9.18 Å². The number of benzene rings is 2. The lowest BCUT2D eigenvalue weighted by molar-refractivity contribution is -0.150. The maximum Gasteiger partial charge on any atom is 0.326 e. The van der Waals surface area contributed by atoms with Crippen molar-refractivity contribution in [3.8, 4) is 11.5 Å². The zero-order valence-electron chi connectivity index (χ0n) is 19.5. The maximum atomic E-state index is 13.1. The van der Waals surface area contributed by atoms with Crippen molar-refractivity contribution in [1.82, 2.24) is 4.90 Å². The van der Waals surface area contributed by atoms with Crippen molar-refractivity contribution < 1.29 is 33.0 Å². The quantitative estimate of drug-likeness (QED) is 0.260. The molecule has 35 heavy (non-hydrogen) atoms. The van der Waals surface area contributed by atoms with Crippen LogP contribution in [0, 0.1) is 5.82 Å². The van der Waals surface area contributed by atoms with Gasteiger partial charge >= 0.3 is 5.97 Å². The Labute approximate surface area is 215 Å². The van der Waals surface area contributed by atoms with Gasteiger partial charge in [-0.05, 0) is 89.4 Å². The first kappa shape index (κ1) is 26.7. The molecule has 3 rings (SSSR count). The number of rotatable bonds is 10. The molecule has 0 aliphatic carbocycles. The highest BCUT2D eigenvalue weighted by Gasteiger charge is 2.37. The van der Waals surface area contributed by atoms with Crippen molar-refractivity contribution in [3.63, 3.8) is 0 Å². The zero-order valence-corrected chi connectivity index (χ0v) is 21.9. The van der Waals surface area contributed by atoms with Crippen LogP contribution in [0.25, 0.3) is 6.08 Å². The molecule has 186 valence electrons. The molecule has 0 aromatic heterocycles. The number of amides is 2. The molecule has 0 bridgehead atoms. The summed E-state index contributed by atoms with van der Waals surface area (Å²) in [6.07, 6.45) is 1.90. The van der Waals surface area contributed by atoms with Crippen LogP contribution < -0.4 is 9.47 Å². The number of ether oxygens (including phenoxy) is 3. The van der Waals surface area contributed by atoms with Crippen LogP contribution in [-0.4, -0.2) is 41.3 Å². The average Bonchev–Trinajstić information content (AvgIpc) is 3.07. The zero-order chi connectivity index (χ0) is 25.5. The molecule has 1 atom stereocenters. The molecule has 0 N–H and O–H groups in total. The van der Waals surface area contributed by atoms with Gasteiger partial charge in [0.1, 0.15) is 19.0 Å². The van der Waals surface area contributed by atoms with Gasteiger partial charge in [-0.2, -0.15) is 0 Å². The van der Waals surface area contributed by atoms with E-state index in [1.54, 1.807) is 37.3 Å². The second kappa shape index (κ2) is 12.2. The molecule has 0 radical (unpaired) electrons. The Morgan fingerprint density at radius 3 is 2.54 bits per heavy atom. The lowest BCUT2D eigenvalue weighted by Crippen LogP contribution is -2.35. The molecule has 2 aromatic rings. The van der Waals surface area contributed by atoms with Crippen molar-refractivity contribution in [1.29, 1.82) is 0 Å². The summed E-state index contributed by atoms with van der Waals surface area (Å²) in [5.41, 5.74) is 1.38. The van der Waals surface area contributed by atoms with Crippen LogP contribution in [0.3, 0.4) is 0 Å². The van der Waals surface area contributed by atoms with E-state index in [2.05, 4.69) is 15.9 Å². The number of nitrogens with zero attached hydrogens (tertiary/aromatic N) is 1. The van der Waals surface area contributed by atoms with Gasteiger partial charge < -0.3 is 14.2 Å². The Morgan fingerprint density at radius 1 is 1.17 bits per heavy atom. The molecule has 10 heteroatoms. The van der Waals surface area contributed by atoms with E-state index in [4.69, 9.17) is 14.2 Å². The Bertz CT molecular complexity index is 1140. The number of halogens is 2. The van der Waals surface area contributed by atoms with Crippen LogP contribution in [-0.2, 0) is 20.9 Å². The monoisotopic (exact) mass is 565 g/mol. The van der Waals surface area contributed by atoms with Crippen molar-refractivity contribution in [2.75, 3.05) is 13.2 Å². The van der Waals surface area contributed by atoms with Crippen LogP contribution in [0.2, 0.25) is 0 Å². The molecule has 2 aromatic carbocycles. The summed E-state index contributed by atoms with van der Waals surface area (Å²) >= 11 is 4.23. The van der Waals surface area contributed by atoms with Gasteiger partial charge in [-0.1, -0.05) is 19.1 Å². The Hall–Kier alpha value is -2.85. The largest absolute Gasteiger partial charge is 0.490 e. The number of thioether (sulfide) groups is 1. The van der Waals surface area contributed by atoms with Gasteiger partial charge in [-0.15, -0.1) is 0 Å². The molecule has 7 nitrogen and oxygen atoms in total. The highest BCUT2D eigenvalue weighted by molar-refractivity contribution is 9.10. The van der Waals surface area contributed by atoms with Gasteiger partial charge in [0.15, 0.2) is 11.5 Å². The maximum absolute atomic E-state index is 13.1. The van der Waals surface area contributed by atoms with E-state index in [0.29, 0.717) is 34.6 Å². The fourth-order valence-electron chi connectivity index (χ4n) is 3.07. The fourth-order valence-corrected chi connectivity index (χ4v) is 4.48. The van der Waals surface area contributed by atoms with Crippen LogP contribution in [0.5, 0.6) is 11.5 Å². The third-order valence-electron chi connectivity index (χ3n) is 4.99. The van der Waals surface area contributed by atoms with Gasteiger partial charge in [-0.25, -0.2) is 4.39 Å². The van der Waals surface area contributed by atoms with Crippen molar-refractivity contribution in [2.45, 2.75) is 39.9 Å². The summed E-state index contributed by atoms with van der Waals surface area (Å²) in [4.78, 5) is 38.2. The molecule has 1 fully saturated rings. The van der Waals surface area contributed by atoms with Crippen LogP contribution in [0.1, 0.15) is 38.3 Å². The topological polar surface area (TPSA) is 82.1 Å². The smallest absolute Gasteiger partial charge is 0.326 e. The second-order valence-electron chi connectivity index (χ2n) is 7.65. The molecular formula is C25H25BrFNO6S. The Balaban J connectivity index is 1.78. The molecule has 2 amide bonds. The summed E-state index contributed by atoms with van der Waals surface area (Å²) in [6.45, 7) is 5.58. The highest BCUT2D eigenvalue weighted by Crippen LogP contribution is 2.39. The molecule has 0 saturated carbocycles. The first-order chi connectivity index (χ1) is 16.7. The molecule has 1 saturated heterocycles. The van der Waals surface area contributed by atoms with E-state index in [-0.39, 0.29) is 23.4 Å². The predicted molar refractivity (Wildman–Crippen MR) is 135 cm³/mol. The van der Waals surface area contributed by atoms with Crippen LogP contribution >= 0.6 is 27.7 Å². The number of hydrogen-bond acceptors (Lipinski definition) is 7. The third kappa shape index (κ3) is 7.08. The van der Waals surface area contributed by atoms with E-state index in [1.165, 1.54) is 12.1 Å². The number of carbonyl (C=O) groups excluding carboxylic acids is 3. The minimum absolute atomic E-state index is 0.181. The van der Waals surface area contributed by atoms with Gasteiger partial charge in [0.2, 0.25) is 0 Å². The van der Waals surface area contributed by atoms with E-state index in [0.717, 1.165) is 22.2 Å². The normalized spacial score (nSPS) is 15.5. The molecule has 1 heterocycles. The van der Waals surface area contributed by atoms with Crippen LogP contribution in [0.15, 0.2) is 45.8 Å². The van der Waals surface area contributed by atoms with E-state index in [9.17, 15) is 18.8 Å². The molecule has 1 aliphatic rings. The third-order valence-corrected chi connectivity index (χ3v) is 6.49. The van der Waals surface area contributed by atoms with E-state index in [1.807, 2.05) is 13.8 Å². The minimum Gasteiger partial charge on any atom is -0.490 e. The van der Waals surface area contributed by atoms with Crippen molar-refractivity contribution in [3.05, 3.63) is 62.7 Å². The highest BCUT2D eigenvalue weighted by atomic mass is 79.9. The summed E-state index contributed by atoms with van der Waals surface area (Å²) in [5.74, 6) is -0.634.